The van der Waals surface area contributed by atoms with Gasteiger partial charge in [0.05, 0.1) is 5.69 Å². The standard InChI is InChI=1S/C21H16N4O4S/c1-3-16-18(27-8-7-26-16)9-13(1)11-30-21-23-20-22-6-5-15(25(20)24-21)14-2-4-17-19(10-14)29-12-28-17/h1-6,9-10H,7-8,11-12H2. The molecule has 8 nitrogen and oxygen atoms in total. The Labute approximate surface area is 175 Å². The Kier molecular flexibility index (Phi) is 4.12. The van der Waals surface area contributed by atoms with Gasteiger partial charge in [0.2, 0.25) is 11.9 Å². The first-order valence-electron chi connectivity index (χ1n) is 9.47. The minimum Gasteiger partial charge on any atom is -0.486 e. The molecule has 4 aromatic rings. The maximum absolute atomic E-state index is 5.66. The Hall–Kier alpha value is -3.46. The van der Waals surface area contributed by atoms with Crippen LogP contribution in [0.4, 0.5) is 0 Å². The van der Waals surface area contributed by atoms with E-state index in [9.17, 15) is 0 Å². The fourth-order valence-electron chi connectivity index (χ4n) is 3.44. The van der Waals surface area contributed by atoms with Crippen molar-refractivity contribution in [1.29, 1.82) is 0 Å². The number of nitrogens with zero attached hydrogens (tertiary/aromatic N) is 4. The normalized spacial score (nSPS) is 14.3. The summed E-state index contributed by atoms with van der Waals surface area (Å²) in [6.45, 7) is 1.41. The molecule has 2 aromatic carbocycles. The molecule has 0 aliphatic carbocycles. The maximum atomic E-state index is 5.66. The summed E-state index contributed by atoms with van der Waals surface area (Å²) in [7, 11) is 0. The first kappa shape index (κ1) is 17.4. The first-order chi connectivity index (χ1) is 14.8. The summed E-state index contributed by atoms with van der Waals surface area (Å²) in [6, 6.07) is 13.7. The van der Waals surface area contributed by atoms with Crippen molar-refractivity contribution >= 4 is 17.5 Å². The molecule has 30 heavy (non-hydrogen) atoms. The molecule has 0 saturated heterocycles. The predicted octanol–water partition coefficient (Wildman–Crippen LogP) is 3.58. The summed E-state index contributed by atoms with van der Waals surface area (Å²) in [6.07, 6.45) is 1.74. The van der Waals surface area contributed by atoms with Crippen molar-refractivity contribution in [3.8, 4) is 34.3 Å². The van der Waals surface area contributed by atoms with Gasteiger partial charge >= 0.3 is 0 Å². The van der Waals surface area contributed by atoms with Crippen LogP contribution in [-0.2, 0) is 5.75 Å². The van der Waals surface area contributed by atoms with Gasteiger partial charge in [-0.05, 0) is 42.0 Å². The van der Waals surface area contributed by atoms with E-state index in [1.807, 2.05) is 42.5 Å². The molecule has 2 aliphatic heterocycles. The average molecular weight is 420 g/mol. The predicted molar refractivity (Wildman–Crippen MR) is 109 cm³/mol. The van der Waals surface area contributed by atoms with Crippen molar-refractivity contribution in [2.75, 3.05) is 20.0 Å². The van der Waals surface area contributed by atoms with E-state index in [4.69, 9.17) is 18.9 Å². The summed E-state index contributed by atoms with van der Waals surface area (Å²) in [5, 5.41) is 5.32. The molecule has 0 fully saturated rings. The molecule has 0 spiro atoms. The second-order valence-electron chi connectivity index (χ2n) is 6.77. The van der Waals surface area contributed by atoms with Crippen molar-refractivity contribution in [3.63, 3.8) is 0 Å². The molecule has 0 saturated carbocycles. The lowest BCUT2D eigenvalue weighted by molar-refractivity contribution is 0.171. The van der Waals surface area contributed by atoms with Crippen LogP contribution in [0.25, 0.3) is 17.0 Å². The van der Waals surface area contributed by atoms with E-state index in [0.29, 0.717) is 29.9 Å². The summed E-state index contributed by atoms with van der Waals surface area (Å²) in [5.74, 6) is 4.32. The third-order valence-corrected chi connectivity index (χ3v) is 5.77. The van der Waals surface area contributed by atoms with Gasteiger partial charge in [0.25, 0.3) is 5.78 Å². The van der Waals surface area contributed by atoms with Crippen molar-refractivity contribution < 1.29 is 18.9 Å². The number of rotatable bonds is 4. The van der Waals surface area contributed by atoms with Crippen LogP contribution in [0.5, 0.6) is 23.0 Å². The van der Waals surface area contributed by atoms with Crippen LogP contribution in [0.1, 0.15) is 5.56 Å². The molecular formula is C21H16N4O4S. The lowest BCUT2D eigenvalue weighted by Gasteiger charge is -2.18. The van der Waals surface area contributed by atoms with Crippen LogP contribution in [0.15, 0.2) is 53.8 Å². The van der Waals surface area contributed by atoms with Gasteiger partial charge in [0.1, 0.15) is 13.2 Å². The smallest absolute Gasteiger partial charge is 0.253 e. The summed E-state index contributed by atoms with van der Waals surface area (Å²) in [5.41, 5.74) is 2.96. The molecule has 0 N–H and O–H groups in total. The van der Waals surface area contributed by atoms with E-state index in [-0.39, 0.29) is 6.79 Å². The highest BCUT2D eigenvalue weighted by atomic mass is 32.2. The Morgan fingerprint density at radius 2 is 1.67 bits per heavy atom. The number of hydrogen-bond acceptors (Lipinski definition) is 8. The molecule has 0 radical (unpaired) electrons. The molecule has 6 rings (SSSR count). The Morgan fingerprint density at radius 1 is 0.867 bits per heavy atom. The quantitative estimate of drug-likeness (QED) is 0.464. The number of fused-ring (bicyclic) bond motifs is 3. The highest BCUT2D eigenvalue weighted by molar-refractivity contribution is 7.98. The Balaban J connectivity index is 1.27. The van der Waals surface area contributed by atoms with Crippen LogP contribution in [0, 0.1) is 0 Å². The number of aromatic nitrogens is 4. The molecular weight excluding hydrogens is 404 g/mol. The lowest BCUT2D eigenvalue weighted by atomic mass is 10.1. The summed E-state index contributed by atoms with van der Waals surface area (Å²) in [4.78, 5) is 8.92. The second kappa shape index (κ2) is 7.10. The number of hydrogen-bond donors (Lipinski definition) is 0. The van der Waals surface area contributed by atoms with E-state index in [1.54, 1.807) is 22.5 Å². The van der Waals surface area contributed by atoms with Crippen molar-refractivity contribution in [2.45, 2.75) is 10.9 Å². The first-order valence-corrected chi connectivity index (χ1v) is 10.5. The zero-order chi connectivity index (χ0) is 19.9. The van der Waals surface area contributed by atoms with Crippen LogP contribution in [0.3, 0.4) is 0 Å². The van der Waals surface area contributed by atoms with Gasteiger partial charge in [0, 0.05) is 17.5 Å². The number of benzene rings is 2. The molecule has 2 aliphatic rings. The maximum Gasteiger partial charge on any atom is 0.253 e. The molecule has 0 atom stereocenters. The zero-order valence-electron chi connectivity index (χ0n) is 15.8. The van der Waals surface area contributed by atoms with Gasteiger partial charge in [-0.25, -0.2) is 4.98 Å². The zero-order valence-corrected chi connectivity index (χ0v) is 16.6. The molecule has 2 aromatic heterocycles. The molecule has 4 heterocycles. The van der Waals surface area contributed by atoms with Gasteiger partial charge < -0.3 is 18.9 Å². The van der Waals surface area contributed by atoms with E-state index in [0.717, 1.165) is 39.8 Å². The van der Waals surface area contributed by atoms with E-state index in [1.165, 1.54) is 0 Å². The number of thioether (sulfide) groups is 1. The van der Waals surface area contributed by atoms with Gasteiger partial charge in [-0.15, -0.1) is 5.10 Å². The van der Waals surface area contributed by atoms with Gasteiger partial charge in [-0.1, -0.05) is 17.8 Å². The van der Waals surface area contributed by atoms with Crippen LogP contribution >= 0.6 is 11.8 Å². The Bertz CT molecular complexity index is 1260. The third kappa shape index (κ3) is 3.07. The highest BCUT2D eigenvalue weighted by Crippen LogP contribution is 2.36. The van der Waals surface area contributed by atoms with Crippen LogP contribution in [0.2, 0.25) is 0 Å². The fraction of sp³-hybridized carbons (Fsp3) is 0.190. The second-order valence-corrected chi connectivity index (χ2v) is 7.71. The summed E-state index contributed by atoms with van der Waals surface area (Å²) >= 11 is 1.55. The van der Waals surface area contributed by atoms with E-state index in [2.05, 4.69) is 15.1 Å². The monoisotopic (exact) mass is 420 g/mol. The average Bonchev–Trinajstić information content (AvgIpc) is 3.43. The van der Waals surface area contributed by atoms with E-state index < -0.39 is 0 Å². The van der Waals surface area contributed by atoms with Crippen LogP contribution < -0.4 is 18.9 Å². The van der Waals surface area contributed by atoms with Crippen molar-refractivity contribution in [1.82, 2.24) is 19.6 Å². The van der Waals surface area contributed by atoms with Crippen molar-refractivity contribution in [3.05, 3.63) is 54.2 Å². The topological polar surface area (TPSA) is 80.0 Å². The minimum absolute atomic E-state index is 0.245. The Morgan fingerprint density at radius 3 is 2.63 bits per heavy atom. The number of ether oxygens (including phenoxy) is 4. The van der Waals surface area contributed by atoms with Crippen molar-refractivity contribution in [2.24, 2.45) is 0 Å². The SMILES string of the molecule is c1cc(-c2ccc3c(c2)OCO3)n2nc(SCc3ccc4c(c3)OCCO4)nc2n1. The van der Waals surface area contributed by atoms with Gasteiger partial charge in [0.15, 0.2) is 23.0 Å². The molecule has 150 valence electrons. The highest BCUT2D eigenvalue weighted by Gasteiger charge is 2.17. The summed E-state index contributed by atoms with van der Waals surface area (Å²) < 4.78 is 23.9. The molecule has 0 unspecified atom stereocenters. The third-order valence-electron chi connectivity index (χ3n) is 4.86. The van der Waals surface area contributed by atoms with Gasteiger partial charge in [-0.2, -0.15) is 9.50 Å². The molecule has 0 amide bonds. The molecule has 9 heteroatoms. The van der Waals surface area contributed by atoms with Crippen LogP contribution in [-0.4, -0.2) is 39.6 Å². The fourth-order valence-corrected chi connectivity index (χ4v) is 4.20. The minimum atomic E-state index is 0.245. The lowest BCUT2D eigenvalue weighted by Crippen LogP contribution is -2.15. The van der Waals surface area contributed by atoms with E-state index >= 15 is 0 Å². The largest absolute Gasteiger partial charge is 0.486 e. The van der Waals surface area contributed by atoms with Gasteiger partial charge in [-0.3, -0.25) is 0 Å². The molecule has 0 bridgehead atoms.